The van der Waals surface area contributed by atoms with Gasteiger partial charge in [0.15, 0.2) is 11.5 Å². The van der Waals surface area contributed by atoms with Crippen LogP contribution in [0.25, 0.3) is 11.1 Å². The van der Waals surface area contributed by atoms with Crippen LogP contribution in [-0.4, -0.2) is 44.2 Å². The first-order valence-corrected chi connectivity index (χ1v) is 9.42. The van der Waals surface area contributed by atoms with Crippen LogP contribution in [0.4, 0.5) is 0 Å². The first kappa shape index (κ1) is 16.8. The molecule has 0 unspecified atom stereocenters. The maximum absolute atomic E-state index is 13.0. The van der Waals surface area contributed by atoms with Gasteiger partial charge >= 0.3 is 0 Å². The maximum atomic E-state index is 13.0. The summed E-state index contributed by atoms with van der Waals surface area (Å²) in [5.41, 5.74) is 3.95. The van der Waals surface area contributed by atoms with Crippen molar-refractivity contribution in [3.8, 4) is 22.6 Å². The van der Waals surface area contributed by atoms with Gasteiger partial charge in [-0.25, -0.2) is 0 Å². The quantitative estimate of drug-likeness (QED) is 0.733. The molecular formula is C21H20N4O3. The predicted molar refractivity (Wildman–Crippen MR) is 102 cm³/mol. The molecule has 0 atom stereocenters. The number of rotatable bonds is 3. The number of phenolic OH excluding ortho intramolecular Hbond substituents is 1. The topological polar surface area (TPSA) is 91.3 Å². The molecule has 0 radical (unpaired) electrons. The molecule has 28 heavy (non-hydrogen) atoms. The number of hydrogen-bond donors (Lipinski definition) is 2. The Morgan fingerprint density at radius 2 is 2.14 bits per heavy atom. The molecule has 0 bridgehead atoms. The number of H-pyrrole nitrogens is 1. The van der Waals surface area contributed by atoms with E-state index in [2.05, 4.69) is 15.2 Å². The molecule has 1 fully saturated rings. The number of carbonyl (C=O) groups excluding carboxylic acids is 1. The number of benzene rings is 1. The van der Waals surface area contributed by atoms with E-state index in [1.54, 1.807) is 23.4 Å². The molecule has 7 heteroatoms. The molecule has 0 saturated heterocycles. The minimum atomic E-state index is -0.133. The molecule has 1 amide bonds. The fourth-order valence-electron chi connectivity index (χ4n) is 3.58. The normalized spacial score (nSPS) is 16.2. The van der Waals surface area contributed by atoms with Crippen LogP contribution < -0.4 is 4.74 Å². The Hall–Kier alpha value is -3.35. The Kier molecular flexibility index (Phi) is 4.00. The zero-order valence-corrected chi connectivity index (χ0v) is 15.3. The second-order valence-electron chi connectivity index (χ2n) is 7.28. The van der Waals surface area contributed by atoms with Crippen molar-refractivity contribution in [1.29, 1.82) is 0 Å². The van der Waals surface area contributed by atoms with E-state index in [9.17, 15) is 9.90 Å². The number of amides is 1. The Morgan fingerprint density at radius 3 is 2.93 bits per heavy atom. The van der Waals surface area contributed by atoms with Gasteiger partial charge in [-0.15, -0.1) is 0 Å². The van der Waals surface area contributed by atoms with E-state index < -0.39 is 0 Å². The van der Waals surface area contributed by atoms with Crippen molar-refractivity contribution in [3.63, 3.8) is 0 Å². The lowest BCUT2D eigenvalue weighted by molar-refractivity contribution is 0.0727. The third-order valence-electron chi connectivity index (χ3n) is 5.23. The molecule has 1 aliphatic carbocycles. The van der Waals surface area contributed by atoms with E-state index in [0.717, 1.165) is 35.2 Å². The molecular weight excluding hydrogens is 356 g/mol. The molecule has 142 valence electrons. The van der Waals surface area contributed by atoms with Crippen LogP contribution in [0.2, 0.25) is 0 Å². The Bertz CT molecular complexity index is 1030. The fourth-order valence-corrected chi connectivity index (χ4v) is 3.58. The molecule has 2 aromatic heterocycles. The Balaban J connectivity index is 1.45. The smallest absolute Gasteiger partial charge is 0.274 e. The van der Waals surface area contributed by atoms with E-state index in [1.165, 1.54) is 0 Å². The van der Waals surface area contributed by atoms with Gasteiger partial charge in [0, 0.05) is 41.7 Å². The van der Waals surface area contributed by atoms with Gasteiger partial charge < -0.3 is 14.7 Å². The van der Waals surface area contributed by atoms with Crippen molar-refractivity contribution in [2.45, 2.75) is 25.3 Å². The van der Waals surface area contributed by atoms with Gasteiger partial charge in [-0.2, -0.15) is 5.10 Å². The van der Waals surface area contributed by atoms with E-state index in [4.69, 9.17) is 4.74 Å². The van der Waals surface area contributed by atoms with Crippen LogP contribution in [-0.2, 0) is 6.54 Å². The number of carbonyl (C=O) groups is 1. The molecule has 2 aliphatic rings. The Morgan fingerprint density at radius 1 is 1.25 bits per heavy atom. The number of aromatic hydroxyl groups is 1. The monoisotopic (exact) mass is 376 g/mol. The number of hydrogen-bond acceptors (Lipinski definition) is 5. The van der Waals surface area contributed by atoms with Gasteiger partial charge in [0.1, 0.15) is 12.3 Å². The summed E-state index contributed by atoms with van der Waals surface area (Å²) in [5, 5.41) is 17.7. The molecule has 3 heterocycles. The van der Waals surface area contributed by atoms with Crippen molar-refractivity contribution in [1.82, 2.24) is 20.1 Å². The van der Waals surface area contributed by atoms with Crippen molar-refractivity contribution in [2.75, 3.05) is 13.2 Å². The van der Waals surface area contributed by atoms with Crippen LogP contribution in [0.1, 0.15) is 40.5 Å². The van der Waals surface area contributed by atoms with Gasteiger partial charge in [-0.05, 0) is 42.7 Å². The standard InChI is InChI=1S/C21H20N4O3/c26-19-9-15(14-2-1-5-22-11-14)8-16-12-25(6-7-28-20(16)19)21(27)18-10-17(23-24-18)13-3-4-13/h1-2,5,8-11,13,26H,3-4,6-7,12H2,(H,23,24). The lowest BCUT2D eigenvalue weighted by Gasteiger charge is -2.19. The summed E-state index contributed by atoms with van der Waals surface area (Å²) in [6, 6.07) is 9.24. The van der Waals surface area contributed by atoms with Crippen LogP contribution in [0.15, 0.2) is 42.7 Å². The lowest BCUT2D eigenvalue weighted by atomic mass is 10.0. The lowest BCUT2D eigenvalue weighted by Crippen LogP contribution is -2.32. The van der Waals surface area contributed by atoms with E-state index in [0.29, 0.717) is 37.1 Å². The van der Waals surface area contributed by atoms with Gasteiger partial charge in [0.05, 0.1) is 6.54 Å². The number of nitrogens with zero attached hydrogens (tertiary/aromatic N) is 3. The summed E-state index contributed by atoms with van der Waals surface area (Å²) in [6.07, 6.45) is 5.75. The van der Waals surface area contributed by atoms with E-state index in [1.807, 2.05) is 24.3 Å². The SMILES string of the molecule is O=C(c1cc(C2CC2)[nH]n1)N1CCOc2c(O)cc(-c3cccnc3)cc2C1. The molecule has 5 rings (SSSR count). The van der Waals surface area contributed by atoms with Crippen molar-refractivity contribution in [3.05, 3.63) is 59.7 Å². The summed E-state index contributed by atoms with van der Waals surface area (Å²) in [6.45, 7) is 1.10. The van der Waals surface area contributed by atoms with Crippen LogP contribution in [0.3, 0.4) is 0 Å². The first-order chi connectivity index (χ1) is 13.7. The highest BCUT2D eigenvalue weighted by atomic mass is 16.5. The number of nitrogens with one attached hydrogen (secondary N) is 1. The second-order valence-corrected chi connectivity index (χ2v) is 7.28. The van der Waals surface area contributed by atoms with Crippen LogP contribution in [0, 0.1) is 0 Å². The second kappa shape index (κ2) is 6.67. The third-order valence-corrected chi connectivity index (χ3v) is 5.23. The van der Waals surface area contributed by atoms with Gasteiger partial charge in [-0.1, -0.05) is 6.07 Å². The average Bonchev–Trinajstić information content (AvgIpc) is 3.49. The van der Waals surface area contributed by atoms with Crippen LogP contribution in [0.5, 0.6) is 11.5 Å². The fraction of sp³-hybridized carbons (Fsp3) is 0.286. The number of pyridine rings is 1. The van der Waals surface area contributed by atoms with Gasteiger partial charge in [-0.3, -0.25) is 14.9 Å². The highest BCUT2D eigenvalue weighted by molar-refractivity contribution is 5.92. The highest BCUT2D eigenvalue weighted by Gasteiger charge is 2.29. The number of fused-ring (bicyclic) bond motifs is 1. The molecule has 1 aromatic carbocycles. The predicted octanol–water partition coefficient (Wildman–Crippen LogP) is 3.09. The first-order valence-electron chi connectivity index (χ1n) is 9.42. The van der Waals surface area contributed by atoms with Crippen molar-refractivity contribution < 1.29 is 14.6 Å². The average molecular weight is 376 g/mol. The number of ether oxygens (including phenoxy) is 1. The van der Waals surface area contributed by atoms with Gasteiger partial charge in [0.25, 0.3) is 5.91 Å². The Labute approximate surface area is 162 Å². The van der Waals surface area contributed by atoms with E-state index in [-0.39, 0.29) is 11.7 Å². The zero-order valence-electron chi connectivity index (χ0n) is 15.3. The highest BCUT2D eigenvalue weighted by Crippen LogP contribution is 2.40. The molecule has 2 N–H and O–H groups in total. The summed E-state index contributed by atoms with van der Waals surface area (Å²) >= 11 is 0. The minimum Gasteiger partial charge on any atom is -0.504 e. The summed E-state index contributed by atoms with van der Waals surface area (Å²) < 4.78 is 5.75. The number of phenols is 1. The molecule has 0 spiro atoms. The summed E-state index contributed by atoms with van der Waals surface area (Å²) in [7, 11) is 0. The van der Waals surface area contributed by atoms with Gasteiger partial charge in [0.2, 0.25) is 0 Å². The molecule has 3 aromatic rings. The minimum absolute atomic E-state index is 0.0708. The third kappa shape index (κ3) is 3.09. The molecule has 1 aliphatic heterocycles. The zero-order chi connectivity index (χ0) is 19.1. The van der Waals surface area contributed by atoms with Crippen molar-refractivity contribution >= 4 is 5.91 Å². The molecule has 1 saturated carbocycles. The number of aromatic nitrogens is 3. The number of aromatic amines is 1. The van der Waals surface area contributed by atoms with Crippen LogP contribution >= 0.6 is 0 Å². The largest absolute Gasteiger partial charge is 0.504 e. The molecule has 7 nitrogen and oxygen atoms in total. The van der Waals surface area contributed by atoms with Crippen molar-refractivity contribution in [2.24, 2.45) is 0 Å². The van der Waals surface area contributed by atoms with E-state index >= 15 is 0 Å². The summed E-state index contributed by atoms with van der Waals surface area (Å²) in [4.78, 5) is 18.8. The summed E-state index contributed by atoms with van der Waals surface area (Å²) in [5.74, 6) is 0.886. The maximum Gasteiger partial charge on any atom is 0.274 e.